The largest absolute Gasteiger partial charge is 0.369 e. The van der Waals surface area contributed by atoms with Gasteiger partial charge < -0.3 is 15.5 Å². The summed E-state index contributed by atoms with van der Waals surface area (Å²) in [5, 5.41) is 5.55. The molecule has 0 unspecified atom stereocenters. The Morgan fingerprint density at radius 3 is 2.26 bits per heavy atom. The van der Waals surface area contributed by atoms with Crippen molar-refractivity contribution in [1.29, 1.82) is 0 Å². The molecule has 0 bridgehead atoms. The average Bonchev–Trinajstić information content (AvgIpc) is 2.88. The zero-order chi connectivity index (χ0) is 24.8. The molecular weight excluding hydrogens is 445 g/mol. The number of piperazine rings is 1. The van der Waals surface area contributed by atoms with Crippen LogP contribution in [0, 0.1) is 19.7 Å². The standard InChI is InChI=1S/C27H30FN5O2/c1-19-5-3-6-20(2)25(19)31-27(35)26(34)30-18-24(21-7-4-12-29-17-21)33-15-13-32(14-16-33)23-10-8-22(28)9-11-23/h3-12,17,24H,13-16,18H2,1-2H3,(H,30,34)(H,31,35)/t24-/m1/s1. The maximum Gasteiger partial charge on any atom is 0.313 e. The van der Waals surface area contributed by atoms with Crippen molar-refractivity contribution in [2.75, 3.05) is 42.9 Å². The van der Waals surface area contributed by atoms with Crippen molar-refractivity contribution in [3.8, 4) is 0 Å². The van der Waals surface area contributed by atoms with E-state index in [-0.39, 0.29) is 18.4 Å². The number of aryl methyl sites for hydroxylation is 2. The number of anilines is 2. The molecule has 35 heavy (non-hydrogen) atoms. The summed E-state index contributed by atoms with van der Waals surface area (Å²) < 4.78 is 13.3. The maximum absolute atomic E-state index is 13.3. The molecule has 0 spiro atoms. The number of nitrogens with one attached hydrogen (secondary N) is 2. The molecule has 1 aliphatic heterocycles. The number of hydrogen-bond acceptors (Lipinski definition) is 5. The van der Waals surface area contributed by atoms with Crippen LogP contribution in [-0.2, 0) is 9.59 Å². The minimum absolute atomic E-state index is 0.129. The van der Waals surface area contributed by atoms with Gasteiger partial charge in [0, 0.05) is 56.5 Å². The summed E-state index contributed by atoms with van der Waals surface area (Å²) in [5.41, 5.74) is 4.42. The summed E-state index contributed by atoms with van der Waals surface area (Å²) in [6, 6.07) is 15.9. The lowest BCUT2D eigenvalue weighted by Gasteiger charge is -2.40. The molecule has 1 aliphatic rings. The molecule has 3 aromatic rings. The van der Waals surface area contributed by atoms with Gasteiger partial charge in [-0.05, 0) is 60.9 Å². The van der Waals surface area contributed by atoms with Gasteiger partial charge in [-0.25, -0.2) is 4.39 Å². The van der Waals surface area contributed by atoms with E-state index in [1.165, 1.54) is 12.1 Å². The number of hydrogen-bond donors (Lipinski definition) is 2. The van der Waals surface area contributed by atoms with Gasteiger partial charge in [-0.2, -0.15) is 0 Å². The van der Waals surface area contributed by atoms with Crippen LogP contribution in [0.1, 0.15) is 22.7 Å². The Labute approximate surface area is 205 Å². The Morgan fingerprint density at radius 2 is 1.63 bits per heavy atom. The summed E-state index contributed by atoms with van der Waals surface area (Å²) in [5.74, 6) is -1.61. The predicted molar refractivity (Wildman–Crippen MR) is 135 cm³/mol. The molecule has 1 fully saturated rings. The first-order chi connectivity index (χ1) is 16.9. The van der Waals surface area contributed by atoms with E-state index in [4.69, 9.17) is 0 Å². The van der Waals surface area contributed by atoms with E-state index in [2.05, 4.69) is 25.4 Å². The zero-order valence-electron chi connectivity index (χ0n) is 20.0. The van der Waals surface area contributed by atoms with Crippen molar-refractivity contribution in [1.82, 2.24) is 15.2 Å². The van der Waals surface area contributed by atoms with Crippen LogP contribution in [0.3, 0.4) is 0 Å². The molecule has 2 aromatic carbocycles. The fourth-order valence-electron chi connectivity index (χ4n) is 4.43. The number of benzene rings is 2. The Morgan fingerprint density at radius 1 is 0.943 bits per heavy atom. The number of carbonyl (C=O) groups excluding carboxylic acids is 2. The van der Waals surface area contributed by atoms with Gasteiger partial charge in [0.05, 0.1) is 6.04 Å². The molecule has 0 radical (unpaired) electrons. The second-order valence-corrected chi connectivity index (χ2v) is 8.73. The van der Waals surface area contributed by atoms with Crippen molar-refractivity contribution in [2.45, 2.75) is 19.9 Å². The monoisotopic (exact) mass is 475 g/mol. The van der Waals surface area contributed by atoms with Gasteiger partial charge >= 0.3 is 11.8 Å². The number of nitrogens with zero attached hydrogens (tertiary/aromatic N) is 3. The summed E-state index contributed by atoms with van der Waals surface area (Å²) in [6.45, 7) is 7.10. The molecule has 0 aliphatic carbocycles. The van der Waals surface area contributed by atoms with Crippen LogP contribution in [0.4, 0.5) is 15.8 Å². The lowest BCUT2D eigenvalue weighted by atomic mass is 10.1. The highest BCUT2D eigenvalue weighted by Gasteiger charge is 2.27. The first-order valence-corrected chi connectivity index (χ1v) is 11.7. The third kappa shape index (κ3) is 6.02. The van der Waals surface area contributed by atoms with Crippen LogP contribution >= 0.6 is 0 Å². The first kappa shape index (κ1) is 24.3. The second kappa shape index (κ2) is 11.1. The fourth-order valence-corrected chi connectivity index (χ4v) is 4.43. The van der Waals surface area contributed by atoms with Crippen molar-refractivity contribution in [3.63, 3.8) is 0 Å². The molecule has 182 valence electrons. The molecule has 4 rings (SSSR count). The van der Waals surface area contributed by atoms with E-state index in [9.17, 15) is 14.0 Å². The van der Waals surface area contributed by atoms with Gasteiger partial charge in [-0.15, -0.1) is 0 Å². The van der Waals surface area contributed by atoms with Crippen molar-refractivity contribution >= 4 is 23.2 Å². The van der Waals surface area contributed by atoms with Crippen molar-refractivity contribution < 1.29 is 14.0 Å². The van der Waals surface area contributed by atoms with Crippen LogP contribution in [0.15, 0.2) is 67.0 Å². The fraction of sp³-hybridized carbons (Fsp3) is 0.296. The molecule has 1 atom stereocenters. The Kier molecular flexibility index (Phi) is 7.72. The highest BCUT2D eigenvalue weighted by molar-refractivity contribution is 6.39. The molecule has 7 nitrogen and oxygen atoms in total. The minimum Gasteiger partial charge on any atom is -0.369 e. The minimum atomic E-state index is -0.687. The molecule has 0 saturated carbocycles. The zero-order valence-corrected chi connectivity index (χ0v) is 20.0. The molecular formula is C27H30FN5O2. The topological polar surface area (TPSA) is 77.6 Å². The number of aromatic nitrogens is 1. The number of amides is 2. The average molecular weight is 476 g/mol. The summed E-state index contributed by atoms with van der Waals surface area (Å²) in [7, 11) is 0. The highest BCUT2D eigenvalue weighted by atomic mass is 19.1. The Bertz CT molecular complexity index is 1140. The van der Waals surface area contributed by atoms with Crippen molar-refractivity contribution in [2.24, 2.45) is 0 Å². The van der Waals surface area contributed by atoms with E-state index >= 15 is 0 Å². The number of pyridine rings is 1. The molecule has 2 heterocycles. The van der Waals surface area contributed by atoms with Gasteiger partial charge in [0.15, 0.2) is 0 Å². The second-order valence-electron chi connectivity index (χ2n) is 8.73. The number of halogens is 1. The first-order valence-electron chi connectivity index (χ1n) is 11.7. The lowest BCUT2D eigenvalue weighted by Crippen LogP contribution is -2.50. The van der Waals surface area contributed by atoms with Gasteiger partial charge in [-0.3, -0.25) is 19.5 Å². The van der Waals surface area contributed by atoms with Crippen LogP contribution in [0.5, 0.6) is 0 Å². The number of rotatable bonds is 6. The number of carbonyl (C=O) groups is 2. The van der Waals surface area contributed by atoms with E-state index in [1.54, 1.807) is 24.5 Å². The van der Waals surface area contributed by atoms with E-state index in [1.807, 2.05) is 44.2 Å². The summed E-state index contributed by atoms with van der Waals surface area (Å²) >= 11 is 0. The van der Waals surface area contributed by atoms with Crippen molar-refractivity contribution in [3.05, 3.63) is 89.5 Å². The summed E-state index contributed by atoms with van der Waals surface area (Å²) in [6.07, 6.45) is 3.50. The van der Waals surface area contributed by atoms with Crippen LogP contribution in [-0.4, -0.2) is 54.4 Å². The lowest BCUT2D eigenvalue weighted by molar-refractivity contribution is -0.136. The maximum atomic E-state index is 13.3. The van der Waals surface area contributed by atoms with Gasteiger partial charge in [0.2, 0.25) is 0 Å². The SMILES string of the molecule is Cc1cccc(C)c1NC(=O)C(=O)NC[C@H](c1cccnc1)N1CCN(c2ccc(F)cc2)CC1. The molecule has 2 N–H and O–H groups in total. The number of para-hydroxylation sites is 1. The van der Waals surface area contributed by atoms with Gasteiger partial charge in [0.25, 0.3) is 0 Å². The molecule has 1 aromatic heterocycles. The van der Waals surface area contributed by atoms with Crippen LogP contribution in [0.25, 0.3) is 0 Å². The summed E-state index contributed by atoms with van der Waals surface area (Å²) in [4.78, 5) is 34.0. The molecule has 2 amide bonds. The van der Waals surface area contributed by atoms with E-state index in [0.717, 1.165) is 48.6 Å². The third-order valence-corrected chi connectivity index (χ3v) is 6.40. The third-order valence-electron chi connectivity index (χ3n) is 6.40. The smallest absolute Gasteiger partial charge is 0.313 e. The molecule has 8 heteroatoms. The van der Waals surface area contributed by atoms with Crippen LogP contribution in [0.2, 0.25) is 0 Å². The normalized spacial score (nSPS) is 14.9. The van der Waals surface area contributed by atoms with Crippen LogP contribution < -0.4 is 15.5 Å². The predicted octanol–water partition coefficient (Wildman–Crippen LogP) is 3.46. The Balaban J connectivity index is 1.40. The highest BCUT2D eigenvalue weighted by Crippen LogP contribution is 2.24. The molecule has 1 saturated heterocycles. The van der Waals surface area contributed by atoms with E-state index in [0.29, 0.717) is 5.69 Å². The van der Waals surface area contributed by atoms with E-state index < -0.39 is 11.8 Å². The quantitative estimate of drug-likeness (QED) is 0.534. The Hall–Kier alpha value is -3.78. The van der Waals surface area contributed by atoms with Gasteiger partial charge in [-0.1, -0.05) is 24.3 Å². The van der Waals surface area contributed by atoms with Gasteiger partial charge in [0.1, 0.15) is 5.82 Å².